The van der Waals surface area contributed by atoms with Crippen LogP contribution >= 0.6 is 0 Å². The van der Waals surface area contributed by atoms with Crippen molar-refractivity contribution >= 4 is 10.9 Å². The molecule has 0 spiro atoms. The van der Waals surface area contributed by atoms with Crippen molar-refractivity contribution in [2.24, 2.45) is 0 Å². The van der Waals surface area contributed by atoms with Crippen LogP contribution in [0.5, 0.6) is 0 Å². The van der Waals surface area contributed by atoms with Crippen LogP contribution in [-0.4, -0.2) is 36.7 Å². The summed E-state index contributed by atoms with van der Waals surface area (Å²) in [5.41, 5.74) is 0.880. The third-order valence-corrected chi connectivity index (χ3v) is 4.07. The summed E-state index contributed by atoms with van der Waals surface area (Å²) < 4.78 is 1.83. The minimum atomic E-state index is 0.0770. The first-order valence-electron chi connectivity index (χ1n) is 8.20. The third kappa shape index (κ3) is 3.54. The molecule has 1 atom stereocenters. The molecule has 0 aliphatic carbocycles. The molecule has 1 aromatic carbocycles. The Kier molecular flexibility index (Phi) is 5.69. The van der Waals surface area contributed by atoms with Crippen molar-refractivity contribution < 1.29 is 10.2 Å². The molecule has 1 aromatic heterocycles. The molecule has 0 unspecified atom stereocenters. The van der Waals surface area contributed by atoms with Crippen LogP contribution in [-0.2, 0) is 6.54 Å². The molecule has 2 rings (SSSR count). The molecule has 1 heterocycles. The number of fused-ring (bicyclic) bond motifs is 1. The van der Waals surface area contributed by atoms with Crippen LogP contribution in [0.2, 0.25) is 0 Å². The van der Waals surface area contributed by atoms with E-state index in [-0.39, 0.29) is 11.6 Å². The van der Waals surface area contributed by atoms with E-state index in [1.54, 1.807) is 0 Å². The number of hydrogen-bond acceptors (Lipinski definition) is 2. The Morgan fingerprint density at radius 1 is 1.27 bits per heavy atom. The van der Waals surface area contributed by atoms with Gasteiger partial charge in [0, 0.05) is 13.0 Å². The second-order valence-electron chi connectivity index (χ2n) is 6.03. The number of nitrogens with two attached hydrogens (primary N) is 1. The molecule has 5 nitrogen and oxygen atoms in total. The van der Waals surface area contributed by atoms with Gasteiger partial charge in [0.25, 0.3) is 5.56 Å². The fraction of sp³-hybridized carbons (Fsp3) is 0.529. The van der Waals surface area contributed by atoms with Crippen molar-refractivity contribution in [1.29, 1.82) is 0 Å². The Balaban J connectivity index is 2.41. The smallest absolute Gasteiger partial charge is 0.261 e. The first-order valence-corrected chi connectivity index (χ1v) is 8.20. The lowest BCUT2D eigenvalue weighted by Crippen LogP contribution is -3.09. The summed E-state index contributed by atoms with van der Waals surface area (Å²) in [4.78, 5) is 18.9. The average Bonchev–Trinajstić information content (AvgIpc) is 2.51. The van der Waals surface area contributed by atoms with E-state index < -0.39 is 0 Å². The molecule has 0 saturated heterocycles. The number of quaternary nitrogens is 2. The van der Waals surface area contributed by atoms with Crippen molar-refractivity contribution in [3.05, 3.63) is 40.4 Å². The van der Waals surface area contributed by atoms with Gasteiger partial charge in [-0.3, -0.25) is 9.36 Å². The van der Waals surface area contributed by atoms with Gasteiger partial charge in [0.05, 0.1) is 25.0 Å². The van der Waals surface area contributed by atoms with Crippen molar-refractivity contribution in [2.45, 2.75) is 32.9 Å². The second-order valence-corrected chi connectivity index (χ2v) is 6.03. The van der Waals surface area contributed by atoms with Gasteiger partial charge in [0.2, 0.25) is 0 Å². The van der Waals surface area contributed by atoms with E-state index in [9.17, 15) is 4.79 Å². The highest BCUT2D eigenvalue weighted by molar-refractivity contribution is 5.77. The van der Waals surface area contributed by atoms with Gasteiger partial charge in [-0.1, -0.05) is 19.1 Å². The Morgan fingerprint density at radius 3 is 2.64 bits per heavy atom. The number of rotatable bonds is 7. The van der Waals surface area contributed by atoms with Crippen LogP contribution in [0.25, 0.3) is 10.9 Å². The first-order chi connectivity index (χ1) is 10.6. The molecule has 0 fully saturated rings. The highest BCUT2D eigenvalue weighted by atomic mass is 16.1. The molecule has 120 valence electrons. The van der Waals surface area contributed by atoms with Crippen molar-refractivity contribution in [2.75, 3.05) is 27.2 Å². The maximum atomic E-state index is 12.7. The minimum Gasteiger partial charge on any atom is -0.335 e. The summed E-state index contributed by atoms with van der Waals surface area (Å²) in [5.74, 6) is 0.905. The van der Waals surface area contributed by atoms with E-state index in [0.717, 1.165) is 30.9 Å². The topological polar surface area (TPSA) is 55.9 Å². The summed E-state index contributed by atoms with van der Waals surface area (Å²) in [5, 5.41) is 3.02. The van der Waals surface area contributed by atoms with Gasteiger partial charge in [-0.15, -0.1) is 0 Å². The summed E-state index contributed by atoms with van der Waals surface area (Å²) in [6.45, 7) is 6.96. The van der Waals surface area contributed by atoms with Crippen LogP contribution in [0, 0.1) is 0 Å². The number of para-hydroxylation sites is 1. The second kappa shape index (κ2) is 7.51. The molecular formula is C17H28N4O+2. The summed E-state index contributed by atoms with van der Waals surface area (Å²) >= 11 is 0. The van der Waals surface area contributed by atoms with Crippen molar-refractivity contribution in [3.63, 3.8) is 0 Å². The number of hydrogen-bond donors (Lipinski definition) is 2. The van der Waals surface area contributed by atoms with E-state index >= 15 is 0 Å². The minimum absolute atomic E-state index is 0.0770. The fourth-order valence-corrected chi connectivity index (χ4v) is 2.80. The Morgan fingerprint density at radius 2 is 2.00 bits per heavy atom. The Bertz CT molecular complexity index is 678. The lowest BCUT2D eigenvalue weighted by molar-refractivity contribution is -0.877. The molecular weight excluding hydrogens is 276 g/mol. The monoisotopic (exact) mass is 304 g/mol. The summed E-state index contributed by atoms with van der Waals surface area (Å²) in [6, 6.07) is 7.86. The number of aromatic nitrogens is 2. The number of benzene rings is 1. The zero-order chi connectivity index (χ0) is 16.1. The zero-order valence-corrected chi connectivity index (χ0v) is 14.1. The van der Waals surface area contributed by atoms with Crippen molar-refractivity contribution in [1.82, 2.24) is 9.55 Å². The highest BCUT2D eigenvalue weighted by Gasteiger charge is 2.20. The molecule has 22 heavy (non-hydrogen) atoms. The predicted octanol–water partition coefficient (Wildman–Crippen LogP) is -0.425. The first kappa shape index (κ1) is 16.6. The van der Waals surface area contributed by atoms with Gasteiger partial charge in [-0.05, 0) is 19.1 Å². The summed E-state index contributed by atoms with van der Waals surface area (Å²) in [6.07, 6.45) is 0.966. The van der Waals surface area contributed by atoms with Crippen LogP contribution in [0.1, 0.15) is 32.1 Å². The van der Waals surface area contributed by atoms with E-state index in [1.807, 2.05) is 35.8 Å². The standard InChI is InChI=1S/C17H26N4O/c1-5-14(18-11-12-20(3)4)16-19-15-10-8-7-9-13(15)17(22)21(16)6-2/h7-10,14,18H,5-6,11-12H2,1-4H3/p+2/t14-/m0/s1. The van der Waals surface area contributed by atoms with Crippen LogP contribution < -0.4 is 15.8 Å². The predicted molar refractivity (Wildman–Crippen MR) is 89.2 cm³/mol. The zero-order valence-electron chi connectivity index (χ0n) is 14.1. The SMILES string of the molecule is CC[C@H]([NH2+]CC[NH+](C)C)c1nc2ccccc2c(=O)n1CC. The van der Waals surface area contributed by atoms with Gasteiger partial charge in [-0.2, -0.15) is 0 Å². The lowest BCUT2D eigenvalue weighted by Gasteiger charge is -2.18. The molecule has 5 heteroatoms. The van der Waals surface area contributed by atoms with Crippen LogP contribution in [0.3, 0.4) is 0 Å². The lowest BCUT2D eigenvalue weighted by atomic mass is 10.1. The summed E-state index contributed by atoms with van der Waals surface area (Å²) in [7, 11) is 4.32. The molecule has 0 saturated carbocycles. The number of nitrogens with one attached hydrogen (secondary N) is 1. The quantitative estimate of drug-likeness (QED) is 0.730. The normalized spacial score (nSPS) is 13.0. The molecule has 0 aliphatic heterocycles. The maximum absolute atomic E-state index is 12.7. The van der Waals surface area contributed by atoms with Gasteiger partial charge in [-0.25, -0.2) is 4.98 Å². The van der Waals surface area contributed by atoms with E-state index in [1.165, 1.54) is 4.90 Å². The molecule has 0 amide bonds. The van der Waals surface area contributed by atoms with Gasteiger partial charge in [0.1, 0.15) is 19.1 Å². The largest absolute Gasteiger partial charge is 0.335 e. The molecule has 3 N–H and O–H groups in total. The van der Waals surface area contributed by atoms with E-state index in [2.05, 4.69) is 26.3 Å². The molecule has 2 aromatic rings. The Labute approximate surface area is 132 Å². The fourth-order valence-electron chi connectivity index (χ4n) is 2.80. The number of nitrogens with zero attached hydrogens (tertiary/aromatic N) is 2. The maximum Gasteiger partial charge on any atom is 0.261 e. The van der Waals surface area contributed by atoms with Crippen molar-refractivity contribution in [3.8, 4) is 0 Å². The molecule has 0 bridgehead atoms. The van der Waals surface area contributed by atoms with Gasteiger partial charge < -0.3 is 10.2 Å². The van der Waals surface area contributed by atoms with Gasteiger partial charge >= 0.3 is 0 Å². The van der Waals surface area contributed by atoms with E-state index in [4.69, 9.17) is 4.98 Å². The third-order valence-electron chi connectivity index (χ3n) is 4.07. The average molecular weight is 304 g/mol. The van der Waals surface area contributed by atoms with Crippen LogP contribution in [0.4, 0.5) is 0 Å². The molecule has 0 aliphatic rings. The Hall–Kier alpha value is -1.72. The number of likely N-dealkylation sites (N-methyl/N-ethyl adjacent to an activating group) is 1. The van der Waals surface area contributed by atoms with E-state index in [0.29, 0.717) is 11.9 Å². The highest BCUT2D eigenvalue weighted by Crippen LogP contribution is 2.13. The van der Waals surface area contributed by atoms with Gasteiger partial charge in [0.15, 0.2) is 5.82 Å². The van der Waals surface area contributed by atoms with Crippen LogP contribution in [0.15, 0.2) is 29.1 Å². The molecule has 0 radical (unpaired) electrons.